The maximum atomic E-state index is 11.8. The molecule has 1 heterocycles. The first-order chi connectivity index (χ1) is 13.5. The lowest BCUT2D eigenvalue weighted by Gasteiger charge is -2.08. The standard InChI is InChI=1S/C22H21ClN2O3/c1-15(2)16-5-9-19(10-6-16)27-14-22(26)25-24-13-20-11-12-21(28-20)17-3-7-18(23)8-4-17/h3-13,15H,14H2,1-2H3,(H,25,26). The zero-order chi connectivity index (χ0) is 19.9. The smallest absolute Gasteiger partial charge is 0.277 e. The van der Waals surface area contributed by atoms with E-state index in [9.17, 15) is 4.79 Å². The van der Waals surface area contributed by atoms with Crippen LogP contribution in [0.2, 0.25) is 5.02 Å². The van der Waals surface area contributed by atoms with Crippen molar-refractivity contribution in [1.29, 1.82) is 0 Å². The van der Waals surface area contributed by atoms with Crippen LogP contribution in [0.1, 0.15) is 31.1 Å². The van der Waals surface area contributed by atoms with Gasteiger partial charge in [0.1, 0.15) is 17.3 Å². The average molecular weight is 397 g/mol. The van der Waals surface area contributed by atoms with Crippen LogP contribution in [0.4, 0.5) is 0 Å². The minimum Gasteiger partial charge on any atom is -0.484 e. The number of nitrogens with zero attached hydrogens (tertiary/aromatic N) is 1. The first-order valence-corrected chi connectivity index (χ1v) is 9.29. The van der Waals surface area contributed by atoms with Gasteiger partial charge >= 0.3 is 0 Å². The second-order valence-electron chi connectivity index (χ2n) is 6.51. The first-order valence-electron chi connectivity index (χ1n) is 8.91. The molecule has 2 aromatic carbocycles. The van der Waals surface area contributed by atoms with E-state index in [-0.39, 0.29) is 12.5 Å². The van der Waals surface area contributed by atoms with E-state index in [4.69, 9.17) is 20.8 Å². The van der Waals surface area contributed by atoms with Crippen LogP contribution in [0.5, 0.6) is 5.75 Å². The van der Waals surface area contributed by atoms with Crippen LogP contribution < -0.4 is 10.2 Å². The summed E-state index contributed by atoms with van der Waals surface area (Å²) in [5.41, 5.74) is 4.54. The van der Waals surface area contributed by atoms with Crippen molar-refractivity contribution in [3.05, 3.63) is 77.0 Å². The molecule has 6 heteroatoms. The van der Waals surface area contributed by atoms with E-state index in [0.717, 1.165) is 5.56 Å². The molecule has 1 N–H and O–H groups in total. The Bertz CT molecular complexity index is 945. The van der Waals surface area contributed by atoms with Gasteiger partial charge in [-0.2, -0.15) is 5.10 Å². The topological polar surface area (TPSA) is 63.8 Å². The van der Waals surface area contributed by atoms with Crippen LogP contribution >= 0.6 is 11.6 Å². The molecule has 0 aliphatic carbocycles. The lowest BCUT2D eigenvalue weighted by Crippen LogP contribution is -2.24. The third-order valence-electron chi connectivity index (χ3n) is 4.05. The zero-order valence-corrected chi connectivity index (χ0v) is 16.4. The highest BCUT2D eigenvalue weighted by atomic mass is 35.5. The predicted octanol–water partition coefficient (Wildman–Crippen LogP) is 5.25. The molecule has 28 heavy (non-hydrogen) atoms. The van der Waals surface area contributed by atoms with E-state index in [1.807, 2.05) is 42.5 Å². The van der Waals surface area contributed by atoms with Crippen LogP contribution in [-0.4, -0.2) is 18.7 Å². The highest BCUT2D eigenvalue weighted by molar-refractivity contribution is 6.30. The summed E-state index contributed by atoms with van der Waals surface area (Å²) in [6, 6.07) is 18.6. The molecule has 3 aromatic rings. The van der Waals surface area contributed by atoms with E-state index in [1.54, 1.807) is 18.2 Å². The Morgan fingerprint density at radius 2 is 1.82 bits per heavy atom. The van der Waals surface area contributed by atoms with E-state index in [2.05, 4.69) is 24.4 Å². The minimum atomic E-state index is -0.353. The first kappa shape index (κ1) is 19.7. The highest BCUT2D eigenvalue weighted by Gasteiger charge is 2.05. The van der Waals surface area contributed by atoms with Crippen LogP contribution in [0, 0.1) is 0 Å². The molecule has 1 amide bonds. The number of rotatable bonds is 7. The Morgan fingerprint density at radius 3 is 2.50 bits per heavy atom. The van der Waals surface area contributed by atoms with Crippen molar-refractivity contribution in [2.45, 2.75) is 19.8 Å². The van der Waals surface area contributed by atoms with Crippen molar-refractivity contribution in [3.8, 4) is 17.1 Å². The molecule has 0 atom stereocenters. The van der Waals surface area contributed by atoms with Gasteiger partial charge in [-0.15, -0.1) is 0 Å². The fraction of sp³-hybridized carbons (Fsp3) is 0.182. The molecule has 0 spiro atoms. The van der Waals surface area contributed by atoms with Crippen molar-refractivity contribution in [1.82, 2.24) is 5.43 Å². The number of hydrogen-bond acceptors (Lipinski definition) is 4. The summed E-state index contributed by atoms with van der Waals surface area (Å²) in [5.74, 6) is 1.96. The van der Waals surface area contributed by atoms with Gasteiger partial charge in [0.25, 0.3) is 5.91 Å². The lowest BCUT2D eigenvalue weighted by molar-refractivity contribution is -0.123. The number of amides is 1. The van der Waals surface area contributed by atoms with Gasteiger partial charge in [0, 0.05) is 10.6 Å². The summed E-state index contributed by atoms with van der Waals surface area (Å²) in [4.78, 5) is 11.8. The van der Waals surface area contributed by atoms with Gasteiger partial charge < -0.3 is 9.15 Å². The Morgan fingerprint density at radius 1 is 1.11 bits per heavy atom. The molecular formula is C22H21ClN2O3. The molecule has 0 aliphatic heterocycles. The average Bonchev–Trinajstić information content (AvgIpc) is 3.16. The van der Waals surface area contributed by atoms with Crippen LogP contribution in [0.3, 0.4) is 0 Å². The molecule has 0 aliphatic rings. The number of carbonyl (C=O) groups excluding carboxylic acids is 1. The van der Waals surface area contributed by atoms with E-state index >= 15 is 0 Å². The van der Waals surface area contributed by atoms with Crippen molar-refractivity contribution >= 4 is 23.7 Å². The molecular weight excluding hydrogens is 376 g/mol. The third-order valence-corrected chi connectivity index (χ3v) is 4.31. The Balaban J connectivity index is 1.48. The number of benzene rings is 2. The van der Waals surface area contributed by atoms with Gasteiger partial charge in [0.15, 0.2) is 6.61 Å². The number of nitrogens with one attached hydrogen (secondary N) is 1. The highest BCUT2D eigenvalue weighted by Crippen LogP contribution is 2.23. The summed E-state index contributed by atoms with van der Waals surface area (Å²) in [5, 5.41) is 4.56. The number of hydrazone groups is 1. The Labute approximate surface area is 169 Å². The Hall–Kier alpha value is -3.05. The molecule has 0 saturated heterocycles. The van der Waals surface area contributed by atoms with Crippen molar-refractivity contribution in [2.24, 2.45) is 5.10 Å². The summed E-state index contributed by atoms with van der Waals surface area (Å²) in [7, 11) is 0. The number of hydrogen-bond donors (Lipinski definition) is 1. The number of furan rings is 1. The van der Waals surface area contributed by atoms with Gasteiger partial charge in [0.2, 0.25) is 0 Å². The fourth-order valence-electron chi connectivity index (χ4n) is 2.49. The summed E-state index contributed by atoms with van der Waals surface area (Å²) >= 11 is 5.88. The van der Waals surface area contributed by atoms with Gasteiger partial charge in [-0.05, 0) is 60.0 Å². The molecule has 0 radical (unpaired) electrons. The van der Waals surface area contributed by atoms with Gasteiger partial charge in [0.05, 0.1) is 6.21 Å². The lowest BCUT2D eigenvalue weighted by atomic mass is 10.0. The second-order valence-corrected chi connectivity index (χ2v) is 6.95. The molecule has 3 rings (SSSR count). The summed E-state index contributed by atoms with van der Waals surface area (Å²) in [6.45, 7) is 4.13. The van der Waals surface area contributed by atoms with Crippen molar-refractivity contribution < 1.29 is 13.9 Å². The zero-order valence-electron chi connectivity index (χ0n) is 15.7. The molecule has 144 valence electrons. The quantitative estimate of drug-likeness (QED) is 0.438. The Kier molecular flexibility index (Phi) is 6.50. The van der Waals surface area contributed by atoms with Gasteiger partial charge in [-0.3, -0.25) is 4.79 Å². The minimum absolute atomic E-state index is 0.119. The molecule has 1 aromatic heterocycles. The SMILES string of the molecule is CC(C)c1ccc(OCC(=O)NN=Cc2ccc(-c3ccc(Cl)cc3)o2)cc1. The fourth-order valence-corrected chi connectivity index (χ4v) is 2.62. The van der Waals surface area contributed by atoms with Gasteiger partial charge in [-0.25, -0.2) is 5.43 Å². The normalized spacial score (nSPS) is 11.1. The second kappa shape index (κ2) is 9.24. The molecule has 0 fully saturated rings. The van der Waals surface area contributed by atoms with Crippen LogP contribution in [0.15, 0.2) is 70.2 Å². The number of carbonyl (C=O) groups is 1. The van der Waals surface area contributed by atoms with E-state index in [1.165, 1.54) is 11.8 Å². The van der Waals surface area contributed by atoms with Crippen LogP contribution in [-0.2, 0) is 4.79 Å². The third kappa shape index (κ3) is 5.47. The molecule has 0 saturated carbocycles. The molecule has 0 bridgehead atoms. The van der Waals surface area contributed by atoms with Gasteiger partial charge in [-0.1, -0.05) is 37.6 Å². The largest absolute Gasteiger partial charge is 0.484 e. The summed E-state index contributed by atoms with van der Waals surface area (Å²) < 4.78 is 11.1. The summed E-state index contributed by atoms with van der Waals surface area (Å²) in [6.07, 6.45) is 1.44. The predicted molar refractivity (Wildman–Crippen MR) is 111 cm³/mol. The maximum Gasteiger partial charge on any atom is 0.277 e. The molecule has 5 nitrogen and oxygen atoms in total. The maximum absolute atomic E-state index is 11.8. The van der Waals surface area contributed by atoms with Crippen LogP contribution in [0.25, 0.3) is 11.3 Å². The number of halogens is 1. The monoisotopic (exact) mass is 396 g/mol. The van der Waals surface area contributed by atoms with E-state index in [0.29, 0.717) is 28.2 Å². The molecule has 0 unspecified atom stereocenters. The van der Waals surface area contributed by atoms with E-state index < -0.39 is 0 Å². The number of ether oxygens (including phenoxy) is 1. The van der Waals surface area contributed by atoms with Crippen molar-refractivity contribution in [2.75, 3.05) is 6.61 Å². The van der Waals surface area contributed by atoms with Crippen molar-refractivity contribution in [3.63, 3.8) is 0 Å².